The smallest absolute Gasteiger partial charge is 0.355 e. The van der Waals surface area contributed by atoms with E-state index in [1.807, 2.05) is 60.7 Å². The molecule has 6 heteroatoms. The lowest BCUT2D eigenvalue weighted by Crippen LogP contribution is -2.07. The summed E-state index contributed by atoms with van der Waals surface area (Å²) in [5.74, 6) is -0.449. The first kappa shape index (κ1) is 17.9. The number of nitrogens with zero attached hydrogens (tertiary/aromatic N) is 1. The summed E-state index contributed by atoms with van der Waals surface area (Å²) in [6, 6.07) is 19.3. The molecular weight excluding hydrogens is 398 g/mol. The summed E-state index contributed by atoms with van der Waals surface area (Å²) in [6.45, 7) is 0.604. The Morgan fingerprint density at radius 1 is 0.923 bits per heavy atom. The lowest BCUT2D eigenvalue weighted by molar-refractivity contribution is 0.0688. The molecule has 0 atom stereocenters. The van der Waals surface area contributed by atoms with Gasteiger partial charge in [0.15, 0.2) is 17.2 Å². The zero-order valence-electron chi connectivity index (χ0n) is 13.8. The molecule has 0 amide bonds. The number of rotatable bonds is 7. The van der Waals surface area contributed by atoms with E-state index in [1.54, 1.807) is 0 Å². The third kappa shape index (κ3) is 4.40. The summed E-state index contributed by atoms with van der Waals surface area (Å²) in [5.41, 5.74) is 1.82. The molecular formula is C20H16BrNO4. The van der Waals surface area contributed by atoms with E-state index in [2.05, 4.69) is 20.9 Å². The Balaban J connectivity index is 1.84. The molecule has 1 aromatic heterocycles. The minimum atomic E-state index is -1.14. The molecule has 1 N–H and O–H groups in total. The van der Waals surface area contributed by atoms with E-state index in [4.69, 9.17) is 9.47 Å². The van der Waals surface area contributed by atoms with E-state index in [0.29, 0.717) is 18.1 Å². The molecule has 0 saturated carbocycles. The first-order valence-corrected chi connectivity index (χ1v) is 8.69. The van der Waals surface area contributed by atoms with Gasteiger partial charge in [-0.25, -0.2) is 9.78 Å². The van der Waals surface area contributed by atoms with Gasteiger partial charge in [-0.05, 0) is 27.1 Å². The van der Waals surface area contributed by atoms with Crippen molar-refractivity contribution in [1.82, 2.24) is 4.98 Å². The molecule has 0 radical (unpaired) electrons. The monoisotopic (exact) mass is 413 g/mol. The molecule has 0 saturated heterocycles. The van der Waals surface area contributed by atoms with Gasteiger partial charge in [0, 0.05) is 0 Å². The third-order valence-corrected chi connectivity index (χ3v) is 4.34. The van der Waals surface area contributed by atoms with Crippen molar-refractivity contribution in [3.8, 4) is 11.5 Å². The Hall–Kier alpha value is -2.86. The first-order chi connectivity index (χ1) is 12.6. The maximum Gasteiger partial charge on any atom is 0.355 e. The van der Waals surface area contributed by atoms with Crippen molar-refractivity contribution in [3.05, 3.63) is 88.2 Å². The van der Waals surface area contributed by atoms with E-state index >= 15 is 0 Å². The average molecular weight is 414 g/mol. The third-order valence-electron chi connectivity index (χ3n) is 3.61. The second kappa shape index (κ2) is 8.49. The van der Waals surface area contributed by atoms with Gasteiger partial charge in [0.2, 0.25) is 0 Å². The van der Waals surface area contributed by atoms with Crippen molar-refractivity contribution < 1.29 is 19.4 Å². The highest BCUT2D eigenvalue weighted by atomic mass is 79.9. The van der Waals surface area contributed by atoms with Crippen molar-refractivity contribution in [2.24, 2.45) is 0 Å². The predicted molar refractivity (Wildman–Crippen MR) is 100 cm³/mol. The van der Waals surface area contributed by atoms with Crippen molar-refractivity contribution in [3.63, 3.8) is 0 Å². The fourth-order valence-electron chi connectivity index (χ4n) is 2.31. The number of aromatic nitrogens is 1. The average Bonchev–Trinajstić information content (AvgIpc) is 2.67. The molecule has 26 heavy (non-hydrogen) atoms. The van der Waals surface area contributed by atoms with Crippen LogP contribution >= 0.6 is 15.9 Å². The lowest BCUT2D eigenvalue weighted by Gasteiger charge is -2.15. The fourth-order valence-corrected chi connectivity index (χ4v) is 2.89. The number of hydrogen-bond donors (Lipinski definition) is 1. The maximum absolute atomic E-state index is 11.4. The quantitative estimate of drug-likeness (QED) is 0.607. The van der Waals surface area contributed by atoms with Crippen LogP contribution in [0.25, 0.3) is 0 Å². The fraction of sp³-hybridized carbons (Fsp3) is 0.100. The van der Waals surface area contributed by atoms with Crippen LogP contribution in [0.4, 0.5) is 0 Å². The minimum absolute atomic E-state index is 0.125. The Kier molecular flexibility index (Phi) is 5.86. The summed E-state index contributed by atoms with van der Waals surface area (Å²) >= 11 is 3.28. The minimum Gasteiger partial charge on any atom is -0.484 e. The lowest BCUT2D eigenvalue weighted by atomic mass is 10.2. The molecule has 1 heterocycles. The largest absolute Gasteiger partial charge is 0.484 e. The highest BCUT2D eigenvalue weighted by molar-refractivity contribution is 9.10. The van der Waals surface area contributed by atoms with Crippen molar-refractivity contribution in [2.75, 3.05) is 0 Å². The maximum atomic E-state index is 11.4. The van der Waals surface area contributed by atoms with Gasteiger partial charge in [-0.15, -0.1) is 0 Å². The van der Waals surface area contributed by atoms with Crippen LogP contribution in [0.3, 0.4) is 0 Å². The zero-order chi connectivity index (χ0) is 18.4. The number of carboxylic acid groups (broad SMARTS) is 1. The topological polar surface area (TPSA) is 68.7 Å². The number of benzene rings is 2. The number of halogens is 1. The molecule has 5 nitrogen and oxygen atoms in total. The molecule has 0 aliphatic heterocycles. The second-order valence-corrected chi connectivity index (χ2v) is 6.26. The van der Waals surface area contributed by atoms with E-state index in [9.17, 15) is 9.90 Å². The Bertz CT molecular complexity index is 885. The molecule has 0 aliphatic carbocycles. The summed E-state index contributed by atoms with van der Waals surface area (Å²) in [6.07, 6.45) is 1.37. The van der Waals surface area contributed by atoms with Crippen LogP contribution in [0.5, 0.6) is 11.5 Å². The van der Waals surface area contributed by atoms with Crippen LogP contribution in [0, 0.1) is 0 Å². The standard InChI is InChI=1S/C20H16BrNO4/c21-17-18(20(23)24)22-11-16(25-12-14-7-3-1-4-8-14)19(17)26-13-15-9-5-2-6-10-15/h1-11H,12-13H2,(H,23,24). The van der Waals surface area contributed by atoms with Gasteiger partial charge in [0.05, 0.1) is 10.7 Å². The van der Waals surface area contributed by atoms with Gasteiger partial charge in [0.25, 0.3) is 0 Å². The van der Waals surface area contributed by atoms with Crippen molar-refractivity contribution >= 4 is 21.9 Å². The van der Waals surface area contributed by atoms with Gasteiger partial charge in [-0.3, -0.25) is 0 Å². The number of aromatic carboxylic acids is 1. The number of hydrogen-bond acceptors (Lipinski definition) is 4. The van der Waals surface area contributed by atoms with Gasteiger partial charge in [-0.2, -0.15) is 0 Å². The van der Waals surface area contributed by atoms with Gasteiger partial charge in [0.1, 0.15) is 13.2 Å². The Labute approximate surface area is 159 Å². The molecule has 3 rings (SSSR count). The second-order valence-electron chi connectivity index (χ2n) is 5.47. The predicted octanol–water partition coefficient (Wildman–Crippen LogP) is 4.70. The summed E-state index contributed by atoms with van der Waals surface area (Å²) in [4.78, 5) is 15.3. The molecule has 0 aliphatic rings. The van der Waals surface area contributed by atoms with E-state index in [0.717, 1.165) is 11.1 Å². The number of ether oxygens (including phenoxy) is 2. The van der Waals surface area contributed by atoms with Crippen LogP contribution < -0.4 is 9.47 Å². The molecule has 3 aromatic rings. The molecule has 132 valence electrons. The summed E-state index contributed by atoms with van der Waals surface area (Å²) in [5, 5.41) is 9.29. The summed E-state index contributed by atoms with van der Waals surface area (Å²) in [7, 11) is 0. The van der Waals surface area contributed by atoms with Crippen molar-refractivity contribution in [1.29, 1.82) is 0 Å². The number of carbonyl (C=O) groups is 1. The zero-order valence-corrected chi connectivity index (χ0v) is 15.3. The van der Waals surface area contributed by atoms with Gasteiger partial charge in [-0.1, -0.05) is 60.7 Å². The van der Waals surface area contributed by atoms with Crippen LogP contribution in [0.15, 0.2) is 71.3 Å². The van der Waals surface area contributed by atoms with Crippen LogP contribution in [-0.4, -0.2) is 16.1 Å². The molecule has 0 bridgehead atoms. The van der Waals surface area contributed by atoms with E-state index in [1.165, 1.54) is 6.20 Å². The highest BCUT2D eigenvalue weighted by Gasteiger charge is 2.20. The molecule has 0 spiro atoms. The molecule has 0 unspecified atom stereocenters. The Morgan fingerprint density at radius 2 is 1.46 bits per heavy atom. The Morgan fingerprint density at radius 3 is 2.00 bits per heavy atom. The molecule has 0 fully saturated rings. The van der Waals surface area contributed by atoms with Crippen LogP contribution in [0.1, 0.15) is 21.6 Å². The number of pyridine rings is 1. The summed E-state index contributed by atoms with van der Waals surface area (Å²) < 4.78 is 11.9. The molecule has 2 aromatic carbocycles. The van der Waals surface area contributed by atoms with Gasteiger partial charge >= 0.3 is 5.97 Å². The van der Waals surface area contributed by atoms with Gasteiger partial charge < -0.3 is 14.6 Å². The first-order valence-electron chi connectivity index (χ1n) is 7.90. The van der Waals surface area contributed by atoms with Crippen LogP contribution in [0.2, 0.25) is 0 Å². The van der Waals surface area contributed by atoms with Crippen LogP contribution in [-0.2, 0) is 13.2 Å². The normalized spacial score (nSPS) is 10.3. The van der Waals surface area contributed by atoms with Crippen molar-refractivity contribution in [2.45, 2.75) is 13.2 Å². The van der Waals surface area contributed by atoms with E-state index in [-0.39, 0.29) is 16.8 Å². The number of carboxylic acids is 1. The van der Waals surface area contributed by atoms with E-state index < -0.39 is 5.97 Å². The SMILES string of the molecule is O=C(O)c1ncc(OCc2ccccc2)c(OCc2ccccc2)c1Br. The highest BCUT2D eigenvalue weighted by Crippen LogP contribution is 2.37.